The summed E-state index contributed by atoms with van der Waals surface area (Å²) in [6.45, 7) is 1.79. The molecule has 0 atom stereocenters. The minimum atomic E-state index is -0.635. The van der Waals surface area contributed by atoms with Gasteiger partial charge in [0.2, 0.25) is 0 Å². The molecule has 0 aliphatic heterocycles. The smallest absolute Gasteiger partial charge is 0.152 e. The van der Waals surface area contributed by atoms with Crippen molar-refractivity contribution < 1.29 is 8.78 Å². The summed E-state index contributed by atoms with van der Waals surface area (Å²) in [7, 11) is 0. The Bertz CT molecular complexity index is 464. The lowest BCUT2D eigenvalue weighted by atomic mass is 10.1. The molecule has 0 bridgehead atoms. The van der Waals surface area contributed by atoms with Crippen LogP contribution in [0.3, 0.4) is 0 Å². The Balaban J connectivity index is 2.94. The van der Waals surface area contributed by atoms with Crippen LogP contribution in [0.15, 0.2) is 22.8 Å². The highest BCUT2D eigenvalue weighted by molar-refractivity contribution is 9.10. The first-order chi connectivity index (χ1) is 6.58. The van der Waals surface area contributed by atoms with E-state index in [1.807, 2.05) is 0 Å². The summed E-state index contributed by atoms with van der Waals surface area (Å²) in [6.07, 6.45) is 0. The third kappa shape index (κ3) is 1.50. The van der Waals surface area contributed by atoms with Gasteiger partial charge >= 0.3 is 0 Å². The zero-order valence-electron chi connectivity index (χ0n) is 7.31. The second-order valence-electron chi connectivity index (χ2n) is 3.05. The van der Waals surface area contributed by atoms with E-state index in [-0.39, 0.29) is 5.52 Å². The first-order valence-electron chi connectivity index (χ1n) is 4.00. The van der Waals surface area contributed by atoms with Crippen LogP contribution in [0.25, 0.3) is 10.9 Å². The number of benzene rings is 1. The van der Waals surface area contributed by atoms with E-state index in [4.69, 9.17) is 0 Å². The van der Waals surface area contributed by atoms with Crippen LogP contribution in [0.1, 0.15) is 5.56 Å². The summed E-state index contributed by atoms with van der Waals surface area (Å²) in [5.74, 6) is -1.22. The van der Waals surface area contributed by atoms with Crippen LogP contribution < -0.4 is 0 Å². The lowest BCUT2D eigenvalue weighted by molar-refractivity contribution is 0.590. The molecule has 0 saturated heterocycles. The fourth-order valence-corrected chi connectivity index (χ4v) is 1.90. The molecule has 14 heavy (non-hydrogen) atoms. The molecule has 0 amide bonds. The Kier molecular flexibility index (Phi) is 2.23. The van der Waals surface area contributed by atoms with E-state index in [2.05, 4.69) is 20.9 Å². The van der Waals surface area contributed by atoms with Crippen molar-refractivity contribution in [2.45, 2.75) is 6.92 Å². The molecule has 0 fully saturated rings. The Hall–Kier alpha value is -1.03. The molecule has 0 saturated carbocycles. The molecular weight excluding hydrogens is 252 g/mol. The van der Waals surface area contributed by atoms with Gasteiger partial charge in [0.1, 0.15) is 15.9 Å². The van der Waals surface area contributed by atoms with Crippen molar-refractivity contribution in [3.05, 3.63) is 40.0 Å². The third-order valence-corrected chi connectivity index (χ3v) is 2.41. The lowest BCUT2D eigenvalue weighted by Crippen LogP contribution is -1.90. The minimum absolute atomic E-state index is 0.193. The van der Waals surface area contributed by atoms with Gasteiger partial charge in [0, 0.05) is 11.5 Å². The van der Waals surface area contributed by atoms with E-state index in [1.165, 1.54) is 6.07 Å². The molecule has 0 aliphatic carbocycles. The highest BCUT2D eigenvalue weighted by Gasteiger charge is 2.08. The molecule has 0 radical (unpaired) electrons. The van der Waals surface area contributed by atoms with E-state index in [0.717, 1.165) is 11.6 Å². The highest BCUT2D eigenvalue weighted by Crippen LogP contribution is 2.23. The Morgan fingerprint density at radius 3 is 2.64 bits per heavy atom. The molecule has 2 rings (SSSR count). The van der Waals surface area contributed by atoms with E-state index in [1.54, 1.807) is 13.0 Å². The zero-order valence-corrected chi connectivity index (χ0v) is 8.90. The van der Waals surface area contributed by atoms with Gasteiger partial charge in [0.15, 0.2) is 5.82 Å². The first-order valence-corrected chi connectivity index (χ1v) is 4.79. The van der Waals surface area contributed by atoms with Crippen molar-refractivity contribution in [1.82, 2.24) is 4.98 Å². The normalized spacial score (nSPS) is 10.9. The number of aromatic nitrogens is 1. The number of halogens is 3. The average molecular weight is 258 g/mol. The number of pyridine rings is 1. The Morgan fingerprint density at radius 1 is 1.21 bits per heavy atom. The fraction of sp³-hybridized carbons (Fsp3) is 0.100. The molecule has 0 unspecified atom stereocenters. The van der Waals surface area contributed by atoms with Crippen LogP contribution in [0.5, 0.6) is 0 Å². The largest absolute Gasteiger partial charge is 0.238 e. The standard InChI is InChI=1S/C10H6BrF2N/c1-5-2-9(11)14-10-7(5)3-6(12)4-8(10)13/h2-4H,1H3. The van der Waals surface area contributed by atoms with Crippen molar-refractivity contribution >= 4 is 26.8 Å². The van der Waals surface area contributed by atoms with Crippen molar-refractivity contribution in [2.24, 2.45) is 0 Å². The van der Waals surface area contributed by atoms with E-state index in [0.29, 0.717) is 9.99 Å². The maximum absolute atomic E-state index is 13.3. The molecule has 0 aliphatic rings. The number of fused-ring (bicyclic) bond motifs is 1. The first kappa shape index (κ1) is 9.52. The predicted molar refractivity (Wildman–Crippen MR) is 54.1 cm³/mol. The van der Waals surface area contributed by atoms with Crippen molar-refractivity contribution in [2.75, 3.05) is 0 Å². The second-order valence-corrected chi connectivity index (χ2v) is 3.86. The average Bonchev–Trinajstić information content (AvgIpc) is 2.07. The van der Waals surface area contributed by atoms with Crippen LogP contribution in [-0.4, -0.2) is 4.98 Å². The summed E-state index contributed by atoms with van der Waals surface area (Å²) in [6, 6.07) is 3.84. The summed E-state index contributed by atoms with van der Waals surface area (Å²) < 4.78 is 26.7. The number of hydrogen-bond donors (Lipinski definition) is 0. The summed E-state index contributed by atoms with van der Waals surface area (Å²) in [5.41, 5.74) is 0.985. The topological polar surface area (TPSA) is 12.9 Å². The number of aryl methyl sites for hydroxylation is 1. The molecule has 2 aromatic rings. The maximum Gasteiger partial charge on any atom is 0.152 e. The molecule has 4 heteroatoms. The molecule has 1 nitrogen and oxygen atoms in total. The molecule has 0 spiro atoms. The van der Waals surface area contributed by atoms with Crippen LogP contribution in [0, 0.1) is 18.6 Å². The summed E-state index contributed by atoms with van der Waals surface area (Å²) >= 11 is 3.16. The van der Waals surface area contributed by atoms with Gasteiger partial charge in [-0.15, -0.1) is 0 Å². The monoisotopic (exact) mass is 257 g/mol. The SMILES string of the molecule is Cc1cc(Br)nc2c(F)cc(F)cc12. The molecule has 1 heterocycles. The van der Waals surface area contributed by atoms with Gasteiger partial charge in [0.25, 0.3) is 0 Å². The van der Waals surface area contributed by atoms with Crippen LogP contribution in [0.4, 0.5) is 8.78 Å². The van der Waals surface area contributed by atoms with E-state index >= 15 is 0 Å². The fourth-order valence-electron chi connectivity index (χ4n) is 1.38. The van der Waals surface area contributed by atoms with Crippen LogP contribution in [0.2, 0.25) is 0 Å². The summed E-state index contributed by atoms with van der Waals surface area (Å²) in [5, 5.41) is 0.505. The van der Waals surface area contributed by atoms with Gasteiger partial charge in [-0.25, -0.2) is 13.8 Å². The third-order valence-electron chi connectivity index (χ3n) is 2.01. The molecule has 0 N–H and O–H groups in total. The van der Waals surface area contributed by atoms with Gasteiger partial charge in [-0.3, -0.25) is 0 Å². The van der Waals surface area contributed by atoms with Crippen LogP contribution >= 0.6 is 15.9 Å². The van der Waals surface area contributed by atoms with Crippen molar-refractivity contribution in [3.63, 3.8) is 0 Å². The number of nitrogens with zero attached hydrogens (tertiary/aromatic N) is 1. The molecule has 1 aromatic carbocycles. The van der Waals surface area contributed by atoms with Crippen molar-refractivity contribution in [1.29, 1.82) is 0 Å². The number of rotatable bonds is 0. The second kappa shape index (κ2) is 3.28. The quantitative estimate of drug-likeness (QED) is 0.658. The predicted octanol–water partition coefficient (Wildman–Crippen LogP) is 3.58. The van der Waals surface area contributed by atoms with Gasteiger partial charge < -0.3 is 0 Å². The Labute approximate surface area is 87.9 Å². The van der Waals surface area contributed by atoms with Crippen molar-refractivity contribution in [3.8, 4) is 0 Å². The Morgan fingerprint density at radius 2 is 1.93 bits per heavy atom. The van der Waals surface area contributed by atoms with Gasteiger partial charge in [0.05, 0.1) is 0 Å². The zero-order chi connectivity index (χ0) is 10.3. The van der Waals surface area contributed by atoms with Gasteiger partial charge in [-0.2, -0.15) is 0 Å². The van der Waals surface area contributed by atoms with E-state index in [9.17, 15) is 8.78 Å². The van der Waals surface area contributed by atoms with E-state index < -0.39 is 11.6 Å². The lowest BCUT2D eigenvalue weighted by Gasteiger charge is -2.03. The molecular formula is C10H6BrF2N. The minimum Gasteiger partial charge on any atom is -0.238 e. The summed E-state index contributed by atoms with van der Waals surface area (Å²) in [4.78, 5) is 3.95. The maximum atomic E-state index is 13.3. The van der Waals surface area contributed by atoms with Gasteiger partial charge in [-0.05, 0) is 40.5 Å². The molecule has 72 valence electrons. The molecule has 1 aromatic heterocycles. The van der Waals surface area contributed by atoms with Crippen LogP contribution in [-0.2, 0) is 0 Å². The van der Waals surface area contributed by atoms with Gasteiger partial charge in [-0.1, -0.05) is 0 Å². The number of hydrogen-bond acceptors (Lipinski definition) is 1. The highest BCUT2D eigenvalue weighted by atomic mass is 79.9.